The van der Waals surface area contributed by atoms with Crippen molar-refractivity contribution >= 4 is 11.6 Å². The van der Waals surface area contributed by atoms with Crippen LogP contribution in [-0.2, 0) is 0 Å². The number of pyridine rings is 1. The number of carbonyl (C=O) groups is 1. The van der Waals surface area contributed by atoms with Crippen molar-refractivity contribution in [2.45, 2.75) is 0 Å². The lowest BCUT2D eigenvalue weighted by Crippen LogP contribution is -2.24. The van der Waals surface area contributed by atoms with Crippen LogP contribution in [0.5, 0.6) is 0 Å². The first kappa shape index (κ1) is 14.7. The molecule has 2 aromatic carbocycles. The molecule has 0 aliphatic heterocycles. The predicted octanol–water partition coefficient (Wildman–Crippen LogP) is 3.43. The summed E-state index contributed by atoms with van der Waals surface area (Å²) in [5, 5.41) is 2.55. The Hall–Kier alpha value is -3.21. The third-order valence-electron chi connectivity index (χ3n) is 3.36. The van der Waals surface area contributed by atoms with Crippen LogP contribution in [0.25, 0.3) is 11.1 Å². The van der Waals surface area contributed by atoms with Gasteiger partial charge in [0, 0.05) is 17.4 Å². The molecule has 0 saturated carbocycles. The maximum absolute atomic E-state index is 13.2. The monoisotopic (exact) mass is 308 g/mol. The fraction of sp³-hybridized carbons (Fsp3) is 0. The highest BCUT2D eigenvalue weighted by Gasteiger charge is 2.17. The first-order chi connectivity index (χ1) is 11.1. The Morgan fingerprint density at radius 3 is 2.52 bits per heavy atom. The molecule has 23 heavy (non-hydrogen) atoms. The van der Waals surface area contributed by atoms with Crippen molar-refractivity contribution in [2.75, 3.05) is 5.32 Å². The van der Waals surface area contributed by atoms with E-state index in [4.69, 9.17) is 0 Å². The van der Waals surface area contributed by atoms with Crippen molar-refractivity contribution < 1.29 is 9.18 Å². The summed E-state index contributed by atoms with van der Waals surface area (Å²) in [6.45, 7) is 0. The zero-order chi connectivity index (χ0) is 16.2. The van der Waals surface area contributed by atoms with Gasteiger partial charge in [-0.25, -0.2) is 4.39 Å². The molecule has 0 radical (unpaired) electrons. The molecular weight excluding hydrogens is 295 g/mol. The normalized spacial score (nSPS) is 10.3. The van der Waals surface area contributed by atoms with Gasteiger partial charge in [0.15, 0.2) is 0 Å². The van der Waals surface area contributed by atoms with E-state index in [2.05, 4.69) is 10.3 Å². The van der Waals surface area contributed by atoms with Gasteiger partial charge >= 0.3 is 0 Å². The van der Waals surface area contributed by atoms with E-state index in [0.717, 1.165) is 5.56 Å². The molecule has 0 atom stereocenters. The highest BCUT2D eigenvalue weighted by molar-refractivity contribution is 6.08. The van der Waals surface area contributed by atoms with Crippen LogP contribution >= 0.6 is 0 Å². The van der Waals surface area contributed by atoms with E-state index in [1.54, 1.807) is 12.1 Å². The highest BCUT2D eigenvalue weighted by atomic mass is 19.1. The Labute approximate surface area is 131 Å². The Morgan fingerprint density at radius 2 is 1.78 bits per heavy atom. The number of rotatable bonds is 3. The molecular formula is C18H13FN2O2. The summed E-state index contributed by atoms with van der Waals surface area (Å²) in [7, 11) is 0. The Kier molecular flexibility index (Phi) is 4.01. The highest BCUT2D eigenvalue weighted by Crippen LogP contribution is 2.21. The average Bonchev–Trinajstić information content (AvgIpc) is 2.55. The van der Waals surface area contributed by atoms with E-state index in [1.165, 1.54) is 24.4 Å². The van der Waals surface area contributed by atoms with Crippen LogP contribution in [0.4, 0.5) is 10.1 Å². The molecule has 0 saturated heterocycles. The maximum Gasteiger partial charge on any atom is 0.261 e. The summed E-state index contributed by atoms with van der Waals surface area (Å²) < 4.78 is 13.2. The van der Waals surface area contributed by atoms with Gasteiger partial charge in [-0.3, -0.25) is 9.59 Å². The molecule has 1 aromatic heterocycles. The average molecular weight is 308 g/mol. The van der Waals surface area contributed by atoms with Gasteiger partial charge in [0.25, 0.3) is 11.5 Å². The molecule has 1 heterocycles. The molecule has 0 aliphatic rings. The summed E-state index contributed by atoms with van der Waals surface area (Å²) in [4.78, 5) is 27.1. The van der Waals surface area contributed by atoms with Gasteiger partial charge in [0.2, 0.25) is 0 Å². The van der Waals surface area contributed by atoms with E-state index in [9.17, 15) is 14.0 Å². The van der Waals surface area contributed by atoms with Crippen LogP contribution in [0.1, 0.15) is 10.4 Å². The summed E-state index contributed by atoms with van der Waals surface area (Å²) in [6.07, 6.45) is 1.49. The number of H-pyrrole nitrogens is 1. The van der Waals surface area contributed by atoms with Gasteiger partial charge in [-0.2, -0.15) is 0 Å². The molecule has 5 heteroatoms. The van der Waals surface area contributed by atoms with Gasteiger partial charge in [-0.1, -0.05) is 36.4 Å². The van der Waals surface area contributed by atoms with Crippen molar-refractivity contribution in [3.63, 3.8) is 0 Å². The van der Waals surface area contributed by atoms with Crippen LogP contribution in [0, 0.1) is 5.82 Å². The molecule has 2 N–H and O–H groups in total. The second-order valence-corrected chi connectivity index (χ2v) is 4.93. The number of amides is 1. The third-order valence-corrected chi connectivity index (χ3v) is 3.36. The van der Waals surface area contributed by atoms with Crippen molar-refractivity contribution in [1.82, 2.24) is 4.98 Å². The maximum atomic E-state index is 13.2. The van der Waals surface area contributed by atoms with E-state index < -0.39 is 17.3 Å². The summed E-state index contributed by atoms with van der Waals surface area (Å²) in [5.41, 5.74) is 1.05. The van der Waals surface area contributed by atoms with Crippen molar-refractivity contribution in [2.24, 2.45) is 0 Å². The zero-order valence-corrected chi connectivity index (χ0v) is 12.0. The molecule has 0 aliphatic carbocycles. The number of aromatic nitrogens is 1. The molecule has 3 aromatic rings. The van der Waals surface area contributed by atoms with E-state index in [1.807, 2.05) is 30.3 Å². The van der Waals surface area contributed by atoms with Crippen molar-refractivity contribution in [3.8, 4) is 11.1 Å². The van der Waals surface area contributed by atoms with Gasteiger partial charge in [-0.15, -0.1) is 0 Å². The zero-order valence-electron chi connectivity index (χ0n) is 12.0. The number of aromatic amines is 1. The van der Waals surface area contributed by atoms with Crippen LogP contribution in [-0.4, -0.2) is 10.9 Å². The second kappa shape index (κ2) is 6.27. The first-order valence-electron chi connectivity index (χ1n) is 6.99. The molecule has 0 bridgehead atoms. The summed E-state index contributed by atoms with van der Waals surface area (Å²) >= 11 is 0. The lowest BCUT2D eigenvalue weighted by Gasteiger charge is -2.09. The molecule has 4 nitrogen and oxygen atoms in total. The molecule has 0 fully saturated rings. The van der Waals surface area contributed by atoms with Crippen molar-refractivity contribution in [1.29, 1.82) is 0 Å². The Balaban J connectivity index is 2.02. The van der Waals surface area contributed by atoms with Gasteiger partial charge < -0.3 is 10.3 Å². The van der Waals surface area contributed by atoms with Crippen LogP contribution in [0.3, 0.4) is 0 Å². The SMILES string of the molecule is O=C(Nc1cccc(F)c1)c1c(-c2ccccc2)cc[nH]c1=O. The van der Waals surface area contributed by atoms with E-state index in [-0.39, 0.29) is 11.3 Å². The number of anilines is 1. The Bertz CT molecular complexity index is 904. The topological polar surface area (TPSA) is 62.0 Å². The smallest absolute Gasteiger partial charge is 0.261 e. The number of carbonyl (C=O) groups excluding carboxylic acids is 1. The van der Waals surface area contributed by atoms with Gasteiger partial charge in [-0.05, 0) is 29.8 Å². The van der Waals surface area contributed by atoms with Crippen LogP contribution in [0.15, 0.2) is 71.7 Å². The van der Waals surface area contributed by atoms with E-state index >= 15 is 0 Å². The quantitative estimate of drug-likeness (QED) is 0.778. The van der Waals surface area contributed by atoms with Crippen molar-refractivity contribution in [3.05, 3.63) is 88.6 Å². The van der Waals surface area contributed by atoms with Crippen LogP contribution < -0.4 is 10.9 Å². The van der Waals surface area contributed by atoms with E-state index in [0.29, 0.717) is 5.56 Å². The minimum atomic E-state index is -0.587. The largest absolute Gasteiger partial charge is 0.328 e. The number of hydrogen-bond donors (Lipinski definition) is 2. The van der Waals surface area contributed by atoms with Crippen LogP contribution in [0.2, 0.25) is 0 Å². The summed E-state index contributed by atoms with van der Waals surface area (Å²) in [6, 6.07) is 16.3. The number of benzene rings is 2. The van der Waals surface area contributed by atoms with Gasteiger partial charge in [0.05, 0.1) is 0 Å². The first-order valence-corrected chi connectivity index (χ1v) is 6.99. The molecule has 114 valence electrons. The lowest BCUT2D eigenvalue weighted by atomic mass is 10.0. The fourth-order valence-electron chi connectivity index (χ4n) is 2.32. The number of halogens is 1. The predicted molar refractivity (Wildman–Crippen MR) is 86.9 cm³/mol. The van der Waals surface area contributed by atoms with Gasteiger partial charge in [0.1, 0.15) is 11.4 Å². The molecule has 0 unspecified atom stereocenters. The number of nitrogens with one attached hydrogen (secondary N) is 2. The standard InChI is InChI=1S/C18H13FN2O2/c19-13-7-4-8-14(11-13)21-18(23)16-15(9-10-20-17(16)22)12-5-2-1-3-6-12/h1-11H,(H,20,22)(H,21,23). The lowest BCUT2D eigenvalue weighted by molar-refractivity contribution is 0.102. The Morgan fingerprint density at radius 1 is 1.00 bits per heavy atom. The molecule has 1 amide bonds. The molecule has 0 spiro atoms. The summed E-state index contributed by atoms with van der Waals surface area (Å²) in [5.74, 6) is -1.05. The molecule has 3 rings (SSSR count). The second-order valence-electron chi connectivity index (χ2n) is 4.93. The minimum Gasteiger partial charge on any atom is -0.328 e. The fourth-order valence-corrected chi connectivity index (χ4v) is 2.32. The minimum absolute atomic E-state index is 0.0111. The number of hydrogen-bond acceptors (Lipinski definition) is 2. The third kappa shape index (κ3) is 3.18.